The highest BCUT2D eigenvalue weighted by molar-refractivity contribution is 5.28. The van der Waals surface area contributed by atoms with Crippen LogP contribution in [-0.4, -0.2) is 11.1 Å². The highest BCUT2D eigenvalue weighted by Crippen LogP contribution is 2.19. The highest BCUT2D eigenvalue weighted by Gasteiger charge is 2.12. The summed E-state index contributed by atoms with van der Waals surface area (Å²) in [6.45, 7) is 10.3. The van der Waals surface area contributed by atoms with Crippen molar-refractivity contribution in [3.63, 3.8) is 0 Å². The average molecular weight is 235 g/mol. The van der Waals surface area contributed by atoms with E-state index in [2.05, 4.69) is 46.8 Å². The summed E-state index contributed by atoms with van der Waals surface area (Å²) in [5, 5.41) is 0. The smallest absolute Gasteiger partial charge is 0.120 e. The molecule has 2 N–H and O–H groups in total. The SMILES string of the molecule is CC(C)(N)CCc1ccc(OC(C)(C)C)cc1. The lowest BCUT2D eigenvalue weighted by molar-refractivity contribution is 0.131. The summed E-state index contributed by atoms with van der Waals surface area (Å²) in [5.74, 6) is 0.924. The van der Waals surface area contributed by atoms with Crippen molar-refractivity contribution in [2.24, 2.45) is 5.73 Å². The second kappa shape index (κ2) is 5.09. The summed E-state index contributed by atoms with van der Waals surface area (Å²) >= 11 is 0. The zero-order chi connectivity index (χ0) is 13.1. The normalized spacial score (nSPS) is 12.6. The third-order valence-electron chi connectivity index (χ3n) is 2.41. The van der Waals surface area contributed by atoms with Crippen molar-refractivity contribution < 1.29 is 4.74 Å². The summed E-state index contributed by atoms with van der Waals surface area (Å²) < 4.78 is 5.78. The third kappa shape index (κ3) is 6.32. The minimum absolute atomic E-state index is 0.0966. The van der Waals surface area contributed by atoms with Crippen LogP contribution in [0.15, 0.2) is 24.3 Å². The lowest BCUT2D eigenvalue weighted by atomic mass is 9.96. The number of hydrogen-bond donors (Lipinski definition) is 1. The monoisotopic (exact) mass is 235 g/mol. The van der Waals surface area contributed by atoms with Gasteiger partial charge in [-0.15, -0.1) is 0 Å². The fourth-order valence-corrected chi connectivity index (χ4v) is 1.54. The van der Waals surface area contributed by atoms with Crippen LogP contribution in [0.25, 0.3) is 0 Å². The molecule has 0 amide bonds. The summed E-state index contributed by atoms with van der Waals surface area (Å²) in [6, 6.07) is 8.30. The van der Waals surface area contributed by atoms with Gasteiger partial charge >= 0.3 is 0 Å². The molecule has 0 fully saturated rings. The fraction of sp³-hybridized carbons (Fsp3) is 0.600. The molecule has 17 heavy (non-hydrogen) atoms. The molecule has 0 radical (unpaired) electrons. The first-order chi connectivity index (χ1) is 7.66. The molecule has 0 unspecified atom stereocenters. The molecule has 0 heterocycles. The molecule has 0 saturated heterocycles. The van der Waals surface area contributed by atoms with Gasteiger partial charge < -0.3 is 10.5 Å². The molecular weight excluding hydrogens is 210 g/mol. The zero-order valence-electron chi connectivity index (χ0n) is 11.7. The van der Waals surface area contributed by atoms with E-state index in [1.807, 2.05) is 12.1 Å². The molecular formula is C15H25NO. The van der Waals surface area contributed by atoms with Gasteiger partial charge in [0.1, 0.15) is 11.4 Å². The second-order valence-electron chi connectivity index (χ2n) is 6.35. The van der Waals surface area contributed by atoms with Crippen LogP contribution >= 0.6 is 0 Å². The van der Waals surface area contributed by atoms with Gasteiger partial charge in [0.15, 0.2) is 0 Å². The molecule has 0 aliphatic carbocycles. The van der Waals surface area contributed by atoms with Gasteiger partial charge in [-0.1, -0.05) is 12.1 Å². The molecule has 0 aromatic heterocycles. The van der Waals surface area contributed by atoms with Crippen molar-refractivity contribution >= 4 is 0 Å². The maximum atomic E-state index is 5.97. The number of hydrogen-bond acceptors (Lipinski definition) is 2. The van der Waals surface area contributed by atoms with Crippen molar-refractivity contribution in [2.75, 3.05) is 0 Å². The standard InChI is InChI=1S/C15H25NO/c1-14(2,3)17-13-8-6-12(7-9-13)10-11-15(4,5)16/h6-9H,10-11,16H2,1-5H3. The first-order valence-corrected chi connectivity index (χ1v) is 6.23. The fourth-order valence-electron chi connectivity index (χ4n) is 1.54. The van der Waals surface area contributed by atoms with Crippen LogP contribution in [0.5, 0.6) is 5.75 Å². The number of aryl methyl sites for hydroxylation is 1. The predicted molar refractivity (Wildman–Crippen MR) is 73.4 cm³/mol. The summed E-state index contributed by atoms with van der Waals surface area (Å²) in [7, 11) is 0. The van der Waals surface area contributed by atoms with Gasteiger partial charge in [-0.05, 0) is 65.2 Å². The number of rotatable bonds is 4. The molecule has 0 spiro atoms. The Morgan fingerprint density at radius 1 is 1.00 bits per heavy atom. The molecule has 0 atom stereocenters. The van der Waals surface area contributed by atoms with E-state index < -0.39 is 0 Å². The maximum absolute atomic E-state index is 5.97. The number of benzene rings is 1. The topological polar surface area (TPSA) is 35.2 Å². The van der Waals surface area contributed by atoms with Crippen molar-refractivity contribution in [1.29, 1.82) is 0 Å². The molecule has 2 nitrogen and oxygen atoms in total. The van der Waals surface area contributed by atoms with Crippen LogP contribution in [0.4, 0.5) is 0 Å². The molecule has 2 heteroatoms. The van der Waals surface area contributed by atoms with Crippen molar-refractivity contribution in [3.05, 3.63) is 29.8 Å². The van der Waals surface area contributed by atoms with Gasteiger partial charge in [0.25, 0.3) is 0 Å². The van der Waals surface area contributed by atoms with Crippen LogP contribution in [0, 0.1) is 0 Å². The lowest BCUT2D eigenvalue weighted by Crippen LogP contribution is -2.32. The summed E-state index contributed by atoms with van der Waals surface area (Å²) in [4.78, 5) is 0. The third-order valence-corrected chi connectivity index (χ3v) is 2.41. The maximum Gasteiger partial charge on any atom is 0.120 e. The minimum atomic E-state index is -0.138. The quantitative estimate of drug-likeness (QED) is 0.866. The van der Waals surface area contributed by atoms with Crippen LogP contribution in [0.1, 0.15) is 46.6 Å². The van der Waals surface area contributed by atoms with E-state index in [1.165, 1.54) is 5.56 Å². The lowest BCUT2D eigenvalue weighted by Gasteiger charge is -2.21. The van der Waals surface area contributed by atoms with E-state index in [-0.39, 0.29) is 11.1 Å². The predicted octanol–water partition coefficient (Wildman–Crippen LogP) is 3.53. The Balaban J connectivity index is 2.56. The van der Waals surface area contributed by atoms with Gasteiger partial charge in [-0.25, -0.2) is 0 Å². The molecule has 0 aliphatic heterocycles. The van der Waals surface area contributed by atoms with Crippen molar-refractivity contribution in [3.8, 4) is 5.75 Å². The van der Waals surface area contributed by atoms with Gasteiger partial charge in [0.05, 0.1) is 0 Å². The Bertz CT molecular complexity index is 341. The zero-order valence-corrected chi connectivity index (χ0v) is 11.7. The van der Waals surface area contributed by atoms with Crippen molar-refractivity contribution in [2.45, 2.75) is 58.6 Å². The van der Waals surface area contributed by atoms with Gasteiger partial charge in [-0.3, -0.25) is 0 Å². The van der Waals surface area contributed by atoms with E-state index in [1.54, 1.807) is 0 Å². The van der Waals surface area contributed by atoms with Crippen molar-refractivity contribution in [1.82, 2.24) is 0 Å². The first kappa shape index (κ1) is 14.0. The number of ether oxygens (including phenoxy) is 1. The Kier molecular flexibility index (Phi) is 4.21. The summed E-state index contributed by atoms with van der Waals surface area (Å²) in [5.41, 5.74) is 7.05. The highest BCUT2D eigenvalue weighted by atomic mass is 16.5. The average Bonchev–Trinajstić information content (AvgIpc) is 2.13. The van der Waals surface area contributed by atoms with E-state index in [0.29, 0.717) is 0 Å². The molecule has 96 valence electrons. The van der Waals surface area contributed by atoms with Crippen LogP contribution in [0.2, 0.25) is 0 Å². The molecule has 0 bridgehead atoms. The van der Waals surface area contributed by atoms with E-state index in [9.17, 15) is 0 Å². The van der Waals surface area contributed by atoms with Gasteiger partial charge in [-0.2, -0.15) is 0 Å². The Labute approximate surface area is 105 Å². The minimum Gasteiger partial charge on any atom is -0.488 e. The molecule has 0 saturated carbocycles. The van der Waals surface area contributed by atoms with E-state index in [4.69, 9.17) is 10.5 Å². The van der Waals surface area contributed by atoms with Gasteiger partial charge in [0.2, 0.25) is 0 Å². The Morgan fingerprint density at radius 2 is 1.53 bits per heavy atom. The molecule has 1 aromatic rings. The van der Waals surface area contributed by atoms with E-state index >= 15 is 0 Å². The first-order valence-electron chi connectivity index (χ1n) is 6.23. The second-order valence-corrected chi connectivity index (χ2v) is 6.35. The van der Waals surface area contributed by atoms with Crippen LogP contribution in [0.3, 0.4) is 0 Å². The van der Waals surface area contributed by atoms with E-state index in [0.717, 1.165) is 18.6 Å². The Morgan fingerprint density at radius 3 is 1.94 bits per heavy atom. The van der Waals surface area contributed by atoms with Gasteiger partial charge in [0, 0.05) is 5.54 Å². The number of nitrogens with two attached hydrogens (primary N) is 1. The molecule has 1 aromatic carbocycles. The molecule has 1 rings (SSSR count). The molecule has 0 aliphatic rings. The Hall–Kier alpha value is -1.02. The van der Waals surface area contributed by atoms with Crippen LogP contribution in [-0.2, 0) is 6.42 Å². The van der Waals surface area contributed by atoms with Crippen LogP contribution < -0.4 is 10.5 Å². The largest absolute Gasteiger partial charge is 0.488 e. The summed E-state index contributed by atoms with van der Waals surface area (Å²) in [6.07, 6.45) is 2.01.